The molecular weight excluding hydrogens is 292 g/mol. The molecule has 2 aromatic rings. The molecule has 2 rings (SSSR count). The number of amides is 1. The van der Waals surface area contributed by atoms with Crippen molar-refractivity contribution in [2.45, 2.75) is 33.2 Å². The summed E-state index contributed by atoms with van der Waals surface area (Å²) < 4.78 is 1.69. The van der Waals surface area contributed by atoms with E-state index in [0.29, 0.717) is 18.7 Å². The molecule has 1 aromatic heterocycles. The number of carbonyl (C=O) groups excluding carboxylic acids is 1. The summed E-state index contributed by atoms with van der Waals surface area (Å²) in [5.74, 6) is -0.0810. The second-order valence-electron chi connectivity index (χ2n) is 6.43. The third-order valence-electron chi connectivity index (χ3n) is 3.80. The number of aromatic nitrogens is 3. The predicted octanol–water partition coefficient (Wildman–Crippen LogP) is 1.85. The van der Waals surface area contributed by atoms with E-state index < -0.39 is 0 Å². The van der Waals surface area contributed by atoms with Crippen LogP contribution in [0.5, 0.6) is 0 Å². The molecule has 0 radical (unpaired) electrons. The number of hydrogen-bond acceptors (Lipinski definition) is 4. The lowest BCUT2D eigenvalue weighted by Crippen LogP contribution is -2.27. The summed E-state index contributed by atoms with van der Waals surface area (Å²) in [7, 11) is 0. The van der Waals surface area contributed by atoms with Crippen LogP contribution in [0.2, 0.25) is 0 Å². The summed E-state index contributed by atoms with van der Waals surface area (Å²) in [4.78, 5) is 16.3. The fourth-order valence-electron chi connectivity index (χ4n) is 2.31. The molecule has 1 aromatic carbocycles. The summed E-state index contributed by atoms with van der Waals surface area (Å²) in [5.41, 5.74) is 1.46. The average molecular weight is 316 g/mol. The van der Waals surface area contributed by atoms with Gasteiger partial charge in [-0.05, 0) is 29.9 Å². The lowest BCUT2D eigenvalue weighted by Gasteiger charge is -2.21. The van der Waals surface area contributed by atoms with E-state index in [0.717, 1.165) is 18.4 Å². The molecule has 0 aliphatic carbocycles. The fraction of sp³-hybridized carbons (Fsp3) is 0.471. The highest BCUT2D eigenvalue weighted by Crippen LogP contribution is 2.20. The Hall–Kier alpha value is -2.21. The number of nitrogens with zero attached hydrogens (tertiary/aromatic N) is 3. The highest BCUT2D eigenvalue weighted by atomic mass is 16.3. The maximum atomic E-state index is 12.4. The average Bonchev–Trinajstić information content (AvgIpc) is 3.05. The van der Waals surface area contributed by atoms with Crippen LogP contribution >= 0.6 is 0 Å². The van der Waals surface area contributed by atoms with Crippen LogP contribution in [0.4, 0.5) is 0 Å². The fourth-order valence-corrected chi connectivity index (χ4v) is 2.31. The lowest BCUT2D eigenvalue weighted by atomic mass is 9.89. The molecule has 1 amide bonds. The zero-order valence-electron chi connectivity index (χ0n) is 13.7. The van der Waals surface area contributed by atoms with Gasteiger partial charge in [-0.25, -0.2) is 9.67 Å². The van der Waals surface area contributed by atoms with E-state index in [1.165, 1.54) is 6.33 Å². The van der Waals surface area contributed by atoms with Crippen LogP contribution in [0, 0.1) is 5.41 Å². The van der Waals surface area contributed by atoms with Crippen LogP contribution in [0.3, 0.4) is 0 Å². The van der Waals surface area contributed by atoms with E-state index >= 15 is 0 Å². The first-order chi connectivity index (χ1) is 11.0. The van der Waals surface area contributed by atoms with Gasteiger partial charge in [-0.15, -0.1) is 0 Å². The normalized spacial score (nSPS) is 11.4. The van der Waals surface area contributed by atoms with Crippen LogP contribution in [-0.2, 0) is 6.54 Å². The van der Waals surface area contributed by atoms with Crippen LogP contribution in [-0.4, -0.2) is 38.9 Å². The Balaban J connectivity index is 1.92. The smallest absolute Gasteiger partial charge is 0.251 e. The zero-order valence-corrected chi connectivity index (χ0v) is 13.7. The zero-order chi connectivity index (χ0) is 16.7. The molecule has 1 heterocycles. The molecule has 23 heavy (non-hydrogen) atoms. The van der Waals surface area contributed by atoms with E-state index in [1.807, 2.05) is 38.1 Å². The number of aliphatic hydroxyl groups excluding tert-OH is 1. The highest BCUT2D eigenvalue weighted by molar-refractivity contribution is 5.95. The Morgan fingerprint density at radius 3 is 2.83 bits per heavy atom. The molecule has 0 saturated heterocycles. The molecule has 0 aliphatic heterocycles. The Morgan fingerprint density at radius 1 is 1.35 bits per heavy atom. The number of hydrogen-bond donors (Lipinski definition) is 2. The number of benzene rings is 1. The van der Waals surface area contributed by atoms with Gasteiger partial charge in [0.05, 0.1) is 6.54 Å². The van der Waals surface area contributed by atoms with Crippen molar-refractivity contribution < 1.29 is 9.90 Å². The van der Waals surface area contributed by atoms with E-state index in [1.54, 1.807) is 11.0 Å². The molecule has 2 N–H and O–H groups in total. The highest BCUT2D eigenvalue weighted by Gasteiger charge is 2.16. The molecule has 0 aliphatic rings. The second kappa shape index (κ2) is 7.87. The summed E-state index contributed by atoms with van der Waals surface area (Å²) in [6.45, 7) is 5.30. The lowest BCUT2D eigenvalue weighted by molar-refractivity contribution is 0.0947. The van der Waals surface area contributed by atoms with Gasteiger partial charge in [-0.1, -0.05) is 32.0 Å². The molecule has 6 heteroatoms. The third-order valence-corrected chi connectivity index (χ3v) is 3.80. The topological polar surface area (TPSA) is 80.0 Å². The first-order valence-corrected chi connectivity index (χ1v) is 7.81. The monoisotopic (exact) mass is 316 g/mol. The van der Waals surface area contributed by atoms with Crippen molar-refractivity contribution in [2.24, 2.45) is 5.41 Å². The van der Waals surface area contributed by atoms with E-state index in [4.69, 9.17) is 0 Å². The molecule has 0 unspecified atom stereocenters. The maximum absolute atomic E-state index is 12.4. The summed E-state index contributed by atoms with van der Waals surface area (Å²) in [6, 6.07) is 7.51. The van der Waals surface area contributed by atoms with Gasteiger partial charge in [-0.3, -0.25) is 4.79 Å². The van der Waals surface area contributed by atoms with Crippen molar-refractivity contribution in [3.05, 3.63) is 48.0 Å². The van der Waals surface area contributed by atoms with Crippen LogP contribution in [0.1, 0.15) is 42.6 Å². The Kier molecular flexibility index (Phi) is 5.87. The predicted molar refractivity (Wildman–Crippen MR) is 88.0 cm³/mol. The molecule has 0 bridgehead atoms. The van der Waals surface area contributed by atoms with E-state index in [2.05, 4.69) is 15.4 Å². The van der Waals surface area contributed by atoms with E-state index in [9.17, 15) is 9.90 Å². The Morgan fingerprint density at radius 2 is 2.13 bits per heavy atom. The minimum Gasteiger partial charge on any atom is -0.396 e. The molecular formula is C17H24N4O2. The van der Waals surface area contributed by atoms with Crippen molar-refractivity contribution in [1.29, 1.82) is 0 Å². The number of carbonyl (C=O) groups is 1. The molecule has 0 saturated carbocycles. The van der Waals surface area contributed by atoms with Gasteiger partial charge in [0.1, 0.15) is 12.7 Å². The van der Waals surface area contributed by atoms with Crippen molar-refractivity contribution in [3.63, 3.8) is 0 Å². The number of aliphatic hydroxyl groups is 1. The van der Waals surface area contributed by atoms with Gasteiger partial charge in [-0.2, -0.15) is 5.10 Å². The van der Waals surface area contributed by atoms with Gasteiger partial charge in [0.15, 0.2) is 0 Å². The SMILES string of the molecule is CC(C)(CO)CCCNC(=O)c1ccccc1Cn1cncn1. The van der Waals surface area contributed by atoms with Crippen LogP contribution in [0.15, 0.2) is 36.9 Å². The quantitative estimate of drug-likeness (QED) is 0.729. The molecule has 0 spiro atoms. The minimum absolute atomic E-state index is 0.0810. The Bertz CT molecular complexity index is 623. The minimum atomic E-state index is -0.101. The molecule has 0 fully saturated rings. The molecule has 124 valence electrons. The van der Waals surface area contributed by atoms with E-state index in [-0.39, 0.29) is 17.9 Å². The van der Waals surface area contributed by atoms with Crippen LogP contribution < -0.4 is 5.32 Å². The van der Waals surface area contributed by atoms with Gasteiger partial charge < -0.3 is 10.4 Å². The van der Waals surface area contributed by atoms with Gasteiger partial charge >= 0.3 is 0 Å². The first kappa shape index (κ1) is 17.1. The second-order valence-corrected chi connectivity index (χ2v) is 6.43. The molecule has 0 atom stereocenters. The number of nitrogens with one attached hydrogen (secondary N) is 1. The largest absolute Gasteiger partial charge is 0.396 e. The molecule has 6 nitrogen and oxygen atoms in total. The summed E-state index contributed by atoms with van der Waals surface area (Å²) in [6.07, 6.45) is 4.81. The maximum Gasteiger partial charge on any atom is 0.251 e. The van der Waals surface area contributed by atoms with Crippen molar-refractivity contribution in [1.82, 2.24) is 20.1 Å². The Labute approximate surface area is 136 Å². The van der Waals surface area contributed by atoms with Gasteiger partial charge in [0, 0.05) is 18.7 Å². The first-order valence-electron chi connectivity index (χ1n) is 7.81. The van der Waals surface area contributed by atoms with Crippen molar-refractivity contribution in [3.8, 4) is 0 Å². The standard InChI is InChI=1S/C17H24N4O2/c1-17(2,11-22)8-5-9-19-16(23)15-7-4-3-6-14(15)10-21-13-18-12-20-21/h3-4,6-7,12-13,22H,5,8-11H2,1-2H3,(H,19,23). The van der Waals surface area contributed by atoms with Gasteiger partial charge in [0.2, 0.25) is 0 Å². The summed E-state index contributed by atoms with van der Waals surface area (Å²) >= 11 is 0. The van der Waals surface area contributed by atoms with Gasteiger partial charge in [0.25, 0.3) is 5.91 Å². The summed E-state index contributed by atoms with van der Waals surface area (Å²) in [5, 5.41) is 16.3. The van der Waals surface area contributed by atoms with Crippen molar-refractivity contribution in [2.75, 3.05) is 13.2 Å². The van der Waals surface area contributed by atoms with Crippen LogP contribution in [0.25, 0.3) is 0 Å². The van der Waals surface area contributed by atoms with Crippen molar-refractivity contribution >= 4 is 5.91 Å². The number of rotatable bonds is 8. The third kappa shape index (κ3) is 5.17.